The number of nitrogens with one attached hydrogen (secondary N) is 3. The van der Waals surface area contributed by atoms with E-state index in [1.54, 1.807) is 5.48 Å². The van der Waals surface area contributed by atoms with Crippen LogP contribution in [-0.2, 0) is 15.0 Å². The summed E-state index contributed by atoms with van der Waals surface area (Å²) in [5.74, 6) is -2.40. The van der Waals surface area contributed by atoms with Crippen molar-refractivity contribution in [1.29, 1.82) is 0 Å². The lowest BCUT2D eigenvalue weighted by Crippen LogP contribution is -2.52. The highest BCUT2D eigenvalue weighted by molar-refractivity contribution is 6.00. The molecule has 28 heavy (non-hydrogen) atoms. The van der Waals surface area contributed by atoms with Gasteiger partial charge in [0.1, 0.15) is 5.92 Å². The largest absolute Gasteiger partial charge is 0.291 e. The highest BCUT2D eigenvalue weighted by Gasteiger charge is 2.42. The number of carbonyl (C=O) groups excluding carboxylic acids is 2. The normalized spacial score (nSPS) is 13.7. The third-order valence-corrected chi connectivity index (χ3v) is 4.69. The SMILES string of the molecule is CCC=CC([C@H](C(=O)NO)C(=O)NNCC(C)C)C(C)(C)c1ccccc1.Cl. The number of carbonyl (C=O) groups is 2. The second kappa shape index (κ2) is 12.5. The molecule has 0 aliphatic heterocycles. The Balaban J connectivity index is 0.00000729. The van der Waals surface area contributed by atoms with Gasteiger partial charge in [-0.05, 0) is 23.3 Å². The molecule has 7 heteroatoms. The Labute approximate surface area is 174 Å². The monoisotopic (exact) mass is 411 g/mol. The first-order valence-electron chi connectivity index (χ1n) is 9.44. The minimum atomic E-state index is -1.09. The molecule has 0 spiro atoms. The molecule has 0 aliphatic carbocycles. The van der Waals surface area contributed by atoms with Crippen LogP contribution >= 0.6 is 12.4 Å². The number of rotatable bonds is 10. The van der Waals surface area contributed by atoms with Crippen LogP contribution in [-0.4, -0.2) is 23.6 Å². The summed E-state index contributed by atoms with van der Waals surface area (Å²) in [4.78, 5) is 25.3. The van der Waals surface area contributed by atoms with E-state index in [2.05, 4.69) is 10.9 Å². The summed E-state index contributed by atoms with van der Waals surface area (Å²) in [5, 5.41) is 9.25. The molecule has 0 aliphatic rings. The van der Waals surface area contributed by atoms with Gasteiger partial charge < -0.3 is 0 Å². The van der Waals surface area contributed by atoms with E-state index in [1.165, 1.54) is 0 Å². The molecule has 1 aromatic rings. The molecule has 6 nitrogen and oxygen atoms in total. The van der Waals surface area contributed by atoms with Gasteiger partial charge in [0.05, 0.1) is 0 Å². The van der Waals surface area contributed by atoms with Crippen molar-refractivity contribution in [1.82, 2.24) is 16.3 Å². The highest BCUT2D eigenvalue weighted by atomic mass is 35.5. The molecule has 1 aromatic carbocycles. The molecular formula is C21H34ClN3O3. The molecule has 2 atom stereocenters. The van der Waals surface area contributed by atoms with E-state index in [9.17, 15) is 14.8 Å². The molecule has 0 saturated heterocycles. The number of amides is 2. The quantitative estimate of drug-likeness (QED) is 0.205. The minimum Gasteiger partial charge on any atom is -0.291 e. The number of benzene rings is 1. The lowest BCUT2D eigenvalue weighted by atomic mass is 9.67. The average Bonchev–Trinajstić information content (AvgIpc) is 2.64. The number of hydrogen-bond donors (Lipinski definition) is 4. The summed E-state index contributed by atoms with van der Waals surface area (Å²) in [6.45, 7) is 10.6. The maximum Gasteiger partial charge on any atom is 0.256 e. The van der Waals surface area contributed by atoms with Crippen molar-refractivity contribution in [3.63, 3.8) is 0 Å². The molecule has 0 fully saturated rings. The molecule has 158 valence electrons. The van der Waals surface area contributed by atoms with Crippen LogP contribution in [0.1, 0.15) is 46.6 Å². The summed E-state index contributed by atoms with van der Waals surface area (Å²) in [6.07, 6.45) is 4.62. The molecule has 0 aromatic heterocycles. The van der Waals surface area contributed by atoms with Gasteiger partial charge in [0.25, 0.3) is 5.91 Å². The molecule has 1 rings (SSSR count). The summed E-state index contributed by atoms with van der Waals surface area (Å²) < 4.78 is 0. The van der Waals surface area contributed by atoms with Crippen molar-refractivity contribution in [3.05, 3.63) is 48.0 Å². The third kappa shape index (κ3) is 7.26. The lowest BCUT2D eigenvalue weighted by Gasteiger charge is -2.37. The number of allylic oxidation sites excluding steroid dienone is 2. The fourth-order valence-corrected chi connectivity index (χ4v) is 3.05. The second-order valence-electron chi connectivity index (χ2n) is 7.67. The van der Waals surface area contributed by atoms with Gasteiger partial charge in [-0.2, -0.15) is 0 Å². The summed E-state index contributed by atoms with van der Waals surface area (Å²) in [6, 6.07) is 9.76. The van der Waals surface area contributed by atoms with Gasteiger partial charge in [0.15, 0.2) is 0 Å². The van der Waals surface area contributed by atoms with E-state index in [-0.39, 0.29) is 12.4 Å². The number of hydrogen-bond acceptors (Lipinski definition) is 4. The molecule has 0 bridgehead atoms. The summed E-state index contributed by atoms with van der Waals surface area (Å²) in [5.41, 5.74) is 7.63. The lowest BCUT2D eigenvalue weighted by molar-refractivity contribution is -0.143. The zero-order chi connectivity index (χ0) is 20.4. The van der Waals surface area contributed by atoms with E-state index >= 15 is 0 Å². The molecule has 4 N–H and O–H groups in total. The van der Waals surface area contributed by atoms with Crippen molar-refractivity contribution >= 4 is 24.2 Å². The Morgan fingerprint density at radius 1 is 1.14 bits per heavy atom. The Bertz CT molecular complexity index is 633. The van der Waals surface area contributed by atoms with Crippen LogP contribution in [0.4, 0.5) is 0 Å². The Hall–Kier alpha value is -1.89. The van der Waals surface area contributed by atoms with Crippen LogP contribution in [0.5, 0.6) is 0 Å². The van der Waals surface area contributed by atoms with Gasteiger partial charge in [-0.25, -0.2) is 10.9 Å². The Morgan fingerprint density at radius 2 is 1.75 bits per heavy atom. The fraction of sp³-hybridized carbons (Fsp3) is 0.524. The predicted octanol–water partition coefficient (Wildman–Crippen LogP) is 3.37. The van der Waals surface area contributed by atoms with Crippen molar-refractivity contribution in [2.24, 2.45) is 17.8 Å². The van der Waals surface area contributed by atoms with Gasteiger partial charge in [-0.15, -0.1) is 12.4 Å². The van der Waals surface area contributed by atoms with E-state index in [4.69, 9.17) is 0 Å². The molecule has 0 radical (unpaired) electrons. The van der Waals surface area contributed by atoms with Crippen LogP contribution in [0.2, 0.25) is 0 Å². The third-order valence-electron chi connectivity index (χ3n) is 4.69. The van der Waals surface area contributed by atoms with Gasteiger partial charge in [-0.1, -0.05) is 77.1 Å². The Morgan fingerprint density at radius 3 is 2.25 bits per heavy atom. The van der Waals surface area contributed by atoms with Crippen molar-refractivity contribution < 1.29 is 14.8 Å². The first kappa shape index (κ1) is 26.1. The van der Waals surface area contributed by atoms with Crippen molar-refractivity contribution in [2.75, 3.05) is 6.54 Å². The van der Waals surface area contributed by atoms with Crippen LogP contribution in [0.15, 0.2) is 42.5 Å². The summed E-state index contributed by atoms with van der Waals surface area (Å²) in [7, 11) is 0. The van der Waals surface area contributed by atoms with Crippen LogP contribution in [0, 0.1) is 17.8 Å². The maximum atomic E-state index is 12.8. The van der Waals surface area contributed by atoms with E-state index < -0.39 is 29.1 Å². The molecular weight excluding hydrogens is 378 g/mol. The smallest absolute Gasteiger partial charge is 0.256 e. The predicted molar refractivity (Wildman–Crippen MR) is 114 cm³/mol. The zero-order valence-electron chi connectivity index (χ0n) is 17.4. The van der Waals surface area contributed by atoms with Gasteiger partial charge in [0, 0.05) is 12.5 Å². The van der Waals surface area contributed by atoms with Crippen molar-refractivity contribution in [2.45, 2.75) is 46.5 Å². The van der Waals surface area contributed by atoms with Crippen LogP contribution in [0.3, 0.4) is 0 Å². The van der Waals surface area contributed by atoms with E-state index in [0.29, 0.717) is 12.5 Å². The van der Waals surface area contributed by atoms with Crippen LogP contribution in [0.25, 0.3) is 0 Å². The summed E-state index contributed by atoms with van der Waals surface area (Å²) >= 11 is 0. The van der Waals surface area contributed by atoms with Gasteiger partial charge >= 0.3 is 0 Å². The number of hydroxylamine groups is 1. The first-order chi connectivity index (χ1) is 12.8. The molecule has 1 unspecified atom stereocenters. The second-order valence-corrected chi connectivity index (χ2v) is 7.67. The number of hydrazine groups is 1. The maximum absolute atomic E-state index is 12.8. The Kier molecular flexibility index (Phi) is 11.7. The average molecular weight is 412 g/mol. The highest BCUT2D eigenvalue weighted by Crippen LogP contribution is 2.38. The first-order valence-corrected chi connectivity index (χ1v) is 9.44. The standard InChI is InChI=1S/C21H33N3O3.ClH/c1-6-7-13-17(21(4,5)16-11-9-8-10-12-16)18(20(26)24-27)19(25)23-22-14-15(2)3;/h7-13,15,17-18,22,27H,6,14H2,1-5H3,(H,23,25)(H,24,26);1H/t17?,18-;/m0./s1. The fourth-order valence-electron chi connectivity index (χ4n) is 3.05. The number of halogens is 1. The van der Waals surface area contributed by atoms with Crippen molar-refractivity contribution in [3.8, 4) is 0 Å². The zero-order valence-corrected chi connectivity index (χ0v) is 18.2. The van der Waals surface area contributed by atoms with Gasteiger partial charge in [0.2, 0.25) is 5.91 Å². The molecule has 2 amide bonds. The molecule has 0 heterocycles. The minimum absolute atomic E-state index is 0. The molecule has 0 saturated carbocycles. The topological polar surface area (TPSA) is 90.5 Å². The van der Waals surface area contributed by atoms with Gasteiger partial charge in [-0.3, -0.25) is 20.2 Å². The van der Waals surface area contributed by atoms with E-state index in [0.717, 1.165) is 12.0 Å². The van der Waals surface area contributed by atoms with Crippen LogP contribution < -0.4 is 16.3 Å². The van der Waals surface area contributed by atoms with E-state index in [1.807, 2.05) is 77.1 Å².